The molecule has 0 aliphatic carbocycles. The second-order valence-corrected chi connectivity index (χ2v) is 5.71. The van der Waals surface area contributed by atoms with Crippen LogP contribution in [-0.2, 0) is 6.42 Å². The predicted molar refractivity (Wildman–Crippen MR) is 79.4 cm³/mol. The van der Waals surface area contributed by atoms with Gasteiger partial charge in [0, 0.05) is 6.04 Å². The number of nitrogens with one attached hydrogen (secondary N) is 1. The minimum Gasteiger partial charge on any atom is -0.271 e. The van der Waals surface area contributed by atoms with E-state index in [0.29, 0.717) is 12.0 Å². The van der Waals surface area contributed by atoms with E-state index in [9.17, 15) is 0 Å². The van der Waals surface area contributed by atoms with Crippen LogP contribution in [-0.4, -0.2) is 6.04 Å². The Morgan fingerprint density at radius 2 is 1.72 bits per heavy atom. The van der Waals surface area contributed by atoms with E-state index >= 15 is 0 Å². The van der Waals surface area contributed by atoms with Gasteiger partial charge in [0.05, 0.1) is 0 Å². The Balaban J connectivity index is 2.59. The number of hydrazine groups is 1. The maximum atomic E-state index is 5.65. The van der Waals surface area contributed by atoms with Gasteiger partial charge in [-0.3, -0.25) is 11.3 Å². The fraction of sp³-hybridized carbons (Fsp3) is 0.625. The van der Waals surface area contributed by atoms with Gasteiger partial charge in [-0.1, -0.05) is 58.4 Å². The topological polar surface area (TPSA) is 38.0 Å². The highest BCUT2D eigenvalue weighted by Crippen LogP contribution is 2.17. The van der Waals surface area contributed by atoms with E-state index in [1.165, 1.54) is 17.5 Å². The number of rotatable bonds is 7. The summed E-state index contributed by atoms with van der Waals surface area (Å²) in [4.78, 5) is 0. The number of benzene rings is 1. The van der Waals surface area contributed by atoms with Gasteiger partial charge in [-0.25, -0.2) is 0 Å². The molecule has 1 aromatic carbocycles. The Labute approximate surface area is 112 Å². The first-order valence-electron chi connectivity index (χ1n) is 7.11. The van der Waals surface area contributed by atoms with Crippen molar-refractivity contribution in [1.29, 1.82) is 0 Å². The van der Waals surface area contributed by atoms with E-state index in [1.54, 1.807) is 0 Å². The molecule has 2 atom stereocenters. The quantitative estimate of drug-likeness (QED) is 0.571. The van der Waals surface area contributed by atoms with Gasteiger partial charge >= 0.3 is 0 Å². The first kappa shape index (κ1) is 15.2. The van der Waals surface area contributed by atoms with Crippen molar-refractivity contribution < 1.29 is 0 Å². The molecule has 102 valence electrons. The largest absolute Gasteiger partial charge is 0.271 e. The van der Waals surface area contributed by atoms with Gasteiger partial charge in [-0.05, 0) is 35.8 Å². The summed E-state index contributed by atoms with van der Waals surface area (Å²) < 4.78 is 0. The lowest BCUT2D eigenvalue weighted by Gasteiger charge is -2.19. The van der Waals surface area contributed by atoms with Gasteiger partial charge in [-0.2, -0.15) is 0 Å². The first-order chi connectivity index (χ1) is 8.56. The molecule has 0 aromatic heterocycles. The van der Waals surface area contributed by atoms with Crippen molar-refractivity contribution in [3.63, 3.8) is 0 Å². The average molecular weight is 248 g/mol. The van der Waals surface area contributed by atoms with Crippen LogP contribution in [0.25, 0.3) is 0 Å². The molecule has 18 heavy (non-hydrogen) atoms. The molecule has 0 heterocycles. The van der Waals surface area contributed by atoms with E-state index in [4.69, 9.17) is 5.84 Å². The summed E-state index contributed by atoms with van der Waals surface area (Å²) in [7, 11) is 0. The van der Waals surface area contributed by atoms with Crippen molar-refractivity contribution in [3.05, 3.63) is 35.4 Å². The molecule has 0 aliphatic heterocycles. The minimum atomic E-state index is 0.379. The van der Waals surface area contributed by atoms with Crippen molar-refractivity contribution in [2.75, 3.05) is 0 Å². The van der Waals surface area contributed by atoms with Crippen LogP contribution in [0.15, 0.2) is 24.3 Å². The van der Waals surface area contributed by atoms with Crippen LogP contribution in [0.3, 0.4) is 0 Å². The lowest BCUT2D eigenvalue weighted by molar-refractivity contribution is 0.396. The molecule has 2 unspecified atom stereocenters. The highest BCUT2D eigenvalue weighted by Gasteiger charge is 2.11. The Morgan fingerprint density at radius 1 is 1.11 bits per heavy atom. The molecule has 0 radical (unpaired) electrons. The summed E-state index contributed by atoms with van der Waals surface area (Å²) in [6.45, 7) is 8.96. The van der Waals surface area contributed by atoms with E-state index in [2.05, 4.69) is 57.4 Å². The summed E-state index contributed by atoms with van der Waals surface area (Å²) in [5, 5.41) is 0. The van der Waals surface area contributed by atoms with Gasteiger partial charge in [0.15, 0.2) is 0 Å². The molecule has 2 heteroatoms. The summed E-state index contributed by atoms with van der Waals surface area (Å²) >= 11 is 0. The third-order valence-corrected chi connectivity index (χ3v) is 3.75. The van der Waals surface area contributed by atoms with Gasteiger partial charge in [-0.15, -0.1) is 0 Å². The van der Waals surface area contributed by atoms with Gasteiger partial charge in [0.25, 0.3) is 0 Å². The lowest BCUT2D eigenvalue weighted by atomic mass is 9.94. The van der Waals surface area contributed by atoms with Crippen molar-refractivity contribution in [1.82, 2.24) is 5.43 Å². The molecular formula is C16H28N2. The highest BCUT2D eigenvalue weighted by molar-refractivity contribution is 5.25. The number of nitrogens with two attached hydrogens (primary N) is 1. The van der Waals surface area contributed by atoms with Crippen molar-refractivity contribution in [2.24, 2.45) is 11.8 Å². The van der Waals surface area contributed by atoms with Crippen LogP contribution in [0.4, 0.5) is 0 Å². The molecular weight excluding hydrogens is 220 g/mol. The van der Waals surface area contributed by atoms with E-state index < -0.39 is 0 Å². The second kappa shape index (κ2) is 7.55. The summed E-state index contributed by atoms with van der Waals surface area (Å²) in [6.07, 6.45) is 3.36. The molecule has 0 aliphatic rings. The summed E-state index contributed by atoms with van der Waals surface area (Å²) in [5.74, 6) is 6.97. The van der Waals surface area contributed by atoms with E-state index in [1.807, 2.05) is 0 Å². The Bertz CT molecular complexity index is 329. The fourth-order valence-electron chi connectivity index (χ4n) is 2.19. The molecule has 1 rings (SSSR count). The van der Waals surface area contributed by atoms with Crippen LogP contribution in [0.2, 0.25) is 0 Å². The highest BCUT2D eigenvalue weighted by atomic mass is 15.2. The van der Waals surface area contributed by atoms with Crippen molar-refractivity contribution in [2.45, 2.75) is 58.9 Å². The maximum absolute atomic E-state index is 5.65. The van der Waals surface area contributed by atoms with E-state index in [-0.39, 0.29) is 0 Å². The molecule has 0 saturated carbocycles. The minimum absolute atomic E-state index is 0.379. The van der Waals surface area contributed by atoms with E-state index in [0.717, 1.165) is 18.8 Å². The molecule has 2 nitrogen and oxygen atoms in total. The molecule has 0 saturated heterocycles. The standard InChI is InChI=1S/C16H28N2/c1-5-13(4)10-16(18-17)11-14-6-8-15(9-7-14)12(2)3/h6-9,12-13,16,18H,5,10-11,17H2,1-4H3. The van der Waals surface area contributed by atoms with Crippen LogP contribution in [0, 0.1) is 5.92 Å². The second-order valence-electron chi connectivity index (χ2n) is 5.71. The van der Waals surface area contributed by atoms with Crippen molar-refractivity contribution in [3.8, 4) is 0 Å². The zero-order valence-electron chi connectivity index (χ0n) is 12.2. The third-order valence-electron chi connectivity index (χ3n) is 3.75. The summed E-state index contributed by atoms with van der Waals surface area (Å²) in [5.41, 5.74) is 5.72. The van der Waals surface area contributed by atoms with Gasteiger partial charge in [0.2, 0.25) is 0 Å². The Hall–Kier alpha value is -0.860. The number of hydrogen-bond acceptors (Lipinski definition) is 2. The SMILES string of the molecule is CCC(C)CC(Cc1ccc(C(C)C)cc1)NN. The first-order valence-corrected chi connectivity index (χ1v) is 7.11. The summed E-state index contributed by atoms with van der Waals surface area (Å²) in [6, 6.07) is 9.31. The molecule has 0 amide bonds. The molecule has 0 fully saturated rings. The number of hydrogen-bond donors (Lipinski definition) is 2. The molecule has 1 aromatic rings. The average Bonchev–Trinajstić information content (AvgIpc) is 2.38. The maximum Gasteiger partial charge on any atom is 0.0253 e. The van der Waals surface area contributed by atoms with Crippen molar-refractivity contribution >= 4 is 0 Å². The third kappa shape index (κ3) is 4.79. The Kier molecular flexibility index (Phi) is 6.37. The monoisotopic (exact) mass is 248 g/mol. The van der Waals surface area contributed by atoms with Crippen LogP contribution < -0.4 is 11.3 Å². The fourth-order valence-corrected chi connectivity index (χ4v) is 2.19. The zero-order valence-corrected chi connectivity index (χ0v) is 12.2. The van der Waals surface area contributed by atoms with Crippen LogP contribution in [0.1, 0.15) is 57.6 Å². The van der Waals surface area contributed by atoms with Gasteiger partial charge in [0.1, 0.15) is 0 Å². The smallest absolute Gasteiger partial charge is 0.0253 e. The molecule has 0 bridgehead atoms. The normalized spacial score (nSPS) is 14.8. The Morgan fingerprint density at radius 3 is 2.17 bits per heavy atom. The zero-order chi connectivity index (χ0) is 13.5. The molecule has 3 N–H and O–H groups in total. The lowest BCUT2D eigenvalue weighted by Crippen LogP contribution is -2.37. The molecule has 0 spiro atoms. The van der Waals surface area contributed by atoms with Gasteiger partial charge < -0.3 is 0 Å². The van der Waals surface area contributed by atoms with Crippen LogP contribution in [0.5, 0.6) is 0 Å². The predicted octanol–water partition coefficient (Wildman–Crippen LogP) is 3.62. The van der Waals surface area contributed by atoms with Crippen LogP contribution >= 0.6 is 0 Å².